The largest absolute Gasteiger partial charge is 0.416 e. The minimum absolute atomic E-state index is 0.0151. The summed E-state index contributed by atoms with van der Waals surface area (Å²) in [6.07, 6.45) is -3.91. The first-order chi connectivity index (χ1) is 15.7. The van der Waals surface area contributed by atoms with E-state index >= 15 is 0 Å². The van der Waals surface area contributed by atoms with Crippen molar-refractivity contribution in [1.82, 2.24) is 4.90 Å². The molecule has 1 saturated heterocycles. The molecule has 0 atom stereocenters. The Hall–Kier alpha value is -2.30. The van der Waals surface area contributed by atoms with Gasteiger partial charge in [-0.3, -0.25) is 9.59 Å². The first-order valence-electron chi connectivity index (χ1n) is 11.4. The van der Waals surface area contributed by atoms with Crippen molar-refractivity contribution < 1.29 is 35.9 Å². The Morgan fingerprint density at radius 2 is 1.47 bits per heavy atom. The van der Waals surface area contributed by atoms with Crippen LogP contribution in [0.1, 0.15) is 68.9 Å². The second kappa shape index (κ2) is 10.1. The third-order valence-electron chi connectivity index (χ3n) is 6.67. The first-order valence-corrected chi connectivity index (χ1v) is 11.4. The van der Waals surface area contributed by atoms with Crippen molar-refractivity contribution in [2.24, 2.45) is 11.7 Å². The van der Waals surface area contributed by atoms with Crippen molar-refractivity contribution >= 4 is 17.5 Å². The van der Waals surface area contributed by atoms with Gasteiger partial charge in [-0.2, -0.15) is 26.3 Å². The highest BCUT2D eigenvalue weighted by Crippen LogP contribution is 2.38. The molecule has 2 fully saturated rings. The van der Waals surface area contributed by atoms with Gasteiger partial charge in [0.05, 0.1) is 11.1 Å². The van der Waals surface area contributed by atoms with Crippen LogP contribution in [0.5, 0.6) is 0 Å². The minimum atomic E-state index is -4.99. The lowest BCUT2D eigenvalue weighted by Gasteiger charge is -2.37. The number of rotatable bonds is 5. The van der Waals surface area contributed by atoms with Gasteiger partial charge in [0.2, 0.25) is 11.8 Å². The van der Waals surface area contributed by atoms with Gasteiger partial charge in [0.25, 0.3) is 0 Å². The van der Waals surface area contributed by atoms with Gasteiger partial charge in [-0.15, -0.1) is 0 Å². The number of benzene rings is 1. The highest BCUT2D eigenvalue weighted by molar-refractivity contribution is 5.91. The molecule has 3 rings (SSSR count). The average Bonchev–Trinajstić information content (AvgIpc) is 2.73. The Morgan fingerprint density at radius 3 is 1.97 bits per heavy atom. The molecule has 1 aromatic carbocycles. The number of carbonyl (C=O) groups is 2. The lowest BCUT2D eigenvalue weighted by atomic mass is 9.79. The van der Waals surface area contributed by atoms with E-state index in [1.54, 1.807) is 4.90 Å². The van der Waals surface area contributed by atoms with E-state index in [9.17, 15) is 35.9 Å². The van der Waals surface area contributed by atoms with E-state index < -0.39 is 40.6 Å². The van der Waals surface area contributed by atoms with Crippen LogP contribution in [0.2, 0.25) is 0 Å². The standard InChI is InChI=1S/C23H29F6N3O2/c24-22(25,26)16-11-17(23(27,28)29)13-18(12-16)31-19(33)10-15-4-8-32(9-5-15)20(34)14-21(30)6-2-1-3-7-21/h11-13,15H,1-10,14,30H2,(H,31,33). The van der Waals surface area contributed by atoms with E-state index in [0.717, 1.165) is 32.1 Å². The van der Waals surface area contributed by atoms with Crippen LogP contribution < -0.4 is 11.1 Å². The van der Waals surface area contributed by atoms with E-state index in [1.165, 1.54) is 0 Å². The fourth-order valence-electron chi connectivity index (χ4n) is 4.73. The number of amides is 2. The second-order valence-electron chi connectivity index (χ2n) is 9.47. The third kappa shape index (κ3) is 7.10. The molecular formula is C23H29F6N3O2. The summed E-state index contributed by atoms with van der Waals surface area (Å²) in [5.41, 5.74) is 2.37. The molecule has 2 aliphatic rings. The maximum atomic E-state index is 13.0. The summed E-state index contributed by atoms with van der Waals surface area (Å²) in [6.45, 7) is 0.878. The molecule has 0 bridgehead atoms. The Labute approximate surface area is 194 Å². The molecule has 0 radical (unpaired) electrons. The summed E-state index contributed by atoms with van der Waals surface area (Å²) in [5, 5.41) is 2.17. The normalized spacial score (nSPS) is 19.7. The van der Waals surface area contributed by atoms with Crippen LogP contribution in [-0.2, 0) is 21.9 Å². The van der Waals surface area contributed by atoms with Crippen LogP contribution in [0.15, 0.2) is 18.2 Å². The lowest BCUT2D eigenvalue weighted by molar-refractivity contribution is -0.143. The van der Waals surface area contributed by atoms with Gasteiger partial charge in [0.1, 0.15) is 0 Å². The number of halogens is 6. The van der Waals surface area contributed by atoms with Crippen LogP contribution in [0.3, 0.4) is 0 Å². The monoisotopic (exact) mass is 493 g/mol. The van der Waals surface area contributed by atoms with Crippen LogP contribution in [0, 0.1) is 5.92 Å². The molecule has 190 valence electrons. The number of piperidine rings is 1. The number of carbonyl (C=O) groups excluding carboxylic acids is 2. The van der Waals surface area contributed by atoms with Crippen molar-refractivity contribution in [2.75, 3.05) is 18.4 Å². The number of nitrogens with one attached hydrogen (secondary N) is 1. The van der Waals surface area contributed by atoms with Crippen LogP contribution in [0.25, 0.3) is 0 Å². The van der Waals surface area contributed by atoms with Crippen molar-refractivity contribution in [2.45, 2.75) is 75.7 Å². The van der Waals surface area contributed by atoms with Gasteiger partial charge < -0.3 is 16.0 Å². The van der Waals surface area contributed by atoms with Crippen LogP contribution >= 0.6 is 0 Å². The lowest BCUT2D eigenvalue weighted by Crippen LogP contribution is -2.48. The zero-order valence-corrected chi connectivity index (χ0v) is 18.7. The fraction of sp³-hybridized carbons (Fsp3) is 0.652. The average molecular weight is 493 g/mol. The van der Waals surface area contributed by atoms with Crippen molar-refractivity contribution in [3.63, 3.8) is 0 Å². The van der Waals surface area contributed by atoms with Gasteiger partial charge in [0.15, 0.2) is 0 Å². The van der Waals surface area contributed by atoms with Crippen molar-refractivity contribution in [3.8, 4) is 0 Å². The van der Waals surface area contributed by atoms with Gasteiger partial charge in [-0.1, -0.05) is 19.3 Å². The van der Waals surface area contributed by atoms with Crippen LogP contribution in [0.4, 0.5) is 32.0 Å². The predicted octanol–water partition coefficient (Wildman–Crippen LogP) is 5.34. The van der Waals surface area contributed by atoms with Crippen LogP contribution in [-0.4, -0.2) is 35.3 Å². The summed E-state index contributed by atoms with van der Waals surface area (Å²) >= 11 is 0. The third-order valence-corrected chi connectivity index (χ3v) is 6.67. The molecule has 0 spiro atoms. The number of alkyl halides is 6. The molecule has 1 aliphatic heterocycles. The zero-order valence-electron chi connectivity index (χ0n) is 18.7. The summed E-state index contributed by atoms with van der Waals surface area (Å²) in [4.78, 5) is 26.7. The van der Waals surface area contributed by atoms with Gasteiger partial charge in [-0.25, -0.2) is 0 Å². The quantitative estimate of drug-likeness (QED) is 0.544. The zero-order chi connectivity index (χ0) is 25.1. The number of likely N-dealkylation sites (tertiary alicyclic amines) is 1. The maximum absolute atomic E-state index is 13.0. The molecular weight excluding hydrogens is 464 g/mol. The highest BCUT2D eigenvalue weighted by atomic mass is 19.4. The van der Waals surface area contributed by atoms with E-state index in [1.807, 2.05) is 0 Å². The Balaban J connectivity index is 1.54. The smallest absolute Gasteiger partial charge is 0.343 e. The van der Waals surface area contributed by atoms with E-state index in [-0.39, 0.29) is 30.7 Å². The Morgan fingerprint density at radius 1 is 0.941 bits per heavy atom. The highest BCUT2D eigenvalue weighted by Gasteiger charge is 2.37. The maximum Gasteiger partial charge on any atom is 0.416 e. The van der Waals surface area contributed by atoms with Gasteiger partial charge in [0, 0.05) is 37.2 Å². The molecule has 1 aliphatic carbocycles. The summed E-state index contributed by atoms with van der Waals surface area (Å²) in [7, 11) is 0. The molecule has 2 amide bonds. The number of anilines is 1. The van der Waals surface area contributed by atoms with E-state index in [4.69, 9.17) is 5.73 Å². The number of nitrogens with two attached hydrogens (primary N) is 1. The Bertz CT molecular complexity index is 853. The molecule has 1 aromatic rings. The van der Waals surface area contributed by atoms with Crippen molar-refractivity contribution in [1.29, 1.82) is 0 Å². The second-order valence-corrected chi connectivity index (χ2v) is 9.47. The molecule has 0 aromatic heterocycles. The fourth-order valence-corrected chi connectivity index (χ4v) is 4.73. The number of hydrogen-bond donors (Lipinski definition) is 2. The SMILES string of the molecule is NC1(CC(=O)N2CCC(CC(=O)Nc3cc(C(F)(F)F)cc(C(F)(F)F)c3)CC2)CCCCC1. The molecule has 1 saturated carbocycles. The molecule has 3 N–H and O–H groups in total. The van der Waals surface area contributed by atoms with Gasteiger partial charge in [-0.05, 0) is 49.8 Å². The number of hydrogen-bond acceptors (Lipinski definition) is 3. The van der Waals surface area contributed by atoms with Crippen molar-refractivity contribution in [3.05, 3.63) is 29.3 Å². The van der Waals surface area contributed by atoms with E-state index in [2.05, 4.69) is 5.32 Å². The molecule has 1 heterocycles. The summed E-state index contributed by atoms with van der Waals surface area (Å²) < 4.78 is 78.0. The van der Waals surface area contributed by atoms with Gasteiger partial charge >= 0.3 is 12.4 Å². The molecule has 5 nitrogen and oxygen atoms in total. The number of nitrogens with zero attached hydrogens (tertiary/aromatic N) is 1. The molecule has 0 unspecified atom stereocenters. The summed E-state index contributed by atoms with van der Waals surface area (Å²) in [6, 6.07) is 0.992. The Kier molecular flexibility index (Phi) is 7.84. The summed E-state index contributed by atoms with van der Waals surface area (Å²) in [5.74, 6) is -0.810. The van der Waals surface area contributed by atoms with E-state index in [0.29, 0.717) is 38.1 Å². The predicted molar refractivity (Wildman–Crippen MR) is 114 cm³/mol. The topological polar surface area (TPSA) is 75.4 Å². The molecule has 11 heteroatoms. The molecule has 34 heavy (non-hydrogen) atoms. The first kappa shape index (κ1) is 26.3. The minimum Gasteiger partial charge on any atom is -0.343 e.